The van der Waals surface area contributed by atoms with Gasteiger partial charge in [0.25, 0.3) is 5.56 Å². The van der Waals surface area contributed by atoms with E-state index >= 15 is 0 Å². The number of amides is 1. The zero-order chi connectivity index (χ0) is 17.8. The van der Waals surface area contributed by atoms with E-state index in [-0.39, 0.29) is 17.5 Å². The highest BCUT2D eigenvalue weighted by Crippen LogP contribution is 2.29. The second-order valence-electron chi connectivity index (χ2n) is 7.18. The second kappa shape index (κ2) is 7.76. The molecule has 1 amide bonds. The highest BCUT2D eigenvalue weighted by molar-refractivity contribution is 5.77. The lowest BCUT2D eigenvalue weighted by atomic mass is 9.78. The number of hydrogen-bond donors (Lipinski definition) is 1. The largest absolute Gasteiger partial charge is 0.353 e. The highest BCUT2D eigenvalue weighted by Gasteiger charge is 2.27. The van der Waals surface area contributed by atoms with Gasteiger partial charge in [-0.2, -0.15) is 0 Å². The van der Waals surface area contributed by atoms with Gasteiger partial charge in [0.1, 0.15) is 5.52 Å². The molecular weight excluding hydrogens is 316 g/mol. The standard InChI is InChI=1S/C19H26N4O2/c1-13-7-5-10-16(14(13)2)20-18(24)11-6-12-23-19(25)15-8-3-4-9-17(15)21-22-23/h3-4,8-9,13-14,16H,5-7,10-12H2,1-2H3,(H,20,24)/t13-,14-,16-/m1/s1. The Kier molecular flexibility index (Phi) is 5.46. The molecule has 0 aliphatic heterocycles. The quantitative estimate of drug-likeness (QED) is 0.906. The average molecular weight is 342 g/mol. The fraction of sp³-hybridized carbons (Fsp3) is 0.579. The molecule has 1 heterocycles. The molecule has 3 rings (SSSR count). The van der Waals surface area contributed by atoms with Crippen LogP contribution in [0.3, 0.4) is 0 Å². The van der Waals surface area contributed by atoms with Gasteiger partial charge >= 0.3 is 0 Å². The minimum absolute atomic E-state index is 0.0627. The monoisotopic (exact) mass is 342 g/mol. The Morgan fingerprint density at radius 3 is 2.92 bits per heavy atom. The molecule has 6 nitrogen and oxygen atoms in total. The molecule has 6 heteroatoms. The molecular formula is C19H26N4O2. The fourth-order valence-electron chi connectivity index (χ4n) is 3.62. The maximum Gasteiger partial charge on any atom is 0.277 e. The van der Waals surface area contributed by atoms with Crippen LogP contribution in [0.4, 0.5) is 0 Å². The first kappa shape index (κ1) is 17.6. The molecule has 0 saturated heterocycles. The van der Waals surface area contributed by atoms with Crippen molar-refractivity contribution in [1.82, 2.24) is 20.3 Å². The molecule has 3 atom stereocenters. The second-order valence-corrected chi connectivity index (χ2v) is 7.18. The number of carbonyl (C=O) groups excluding carboxylic acids is 1. The molecule has 1 saturated carbocycles. The predicted octanol–water partition coefficient (Wildman–Crippen LogP) is 2.51. The minimum Gasteiger partial charge on any atom is -0.353 e. The Balaban J connectivity index is 1.53. The number of fused-ring (bicyclic) bond motifs is 1. The van der Waals surface area contributed by atoms with Gasteiger partial charge in [-0.25, -0.2) is 4.68 Å². The first-order valence-electron chi connectivity index (χ1n) is 9.18. The summed E-state index contributed by atoms with van der Waals surface area (Å²) in [5.41, 5.74) is 0.447. The van der Waals surface area contributed by atoms with Crippen LogP contribution in [0.25, 0.3) is 10.9 Å². The van der Waals surface area contributed by atoms with Gasteiger partial charge in [-0.15, -0.1) is 5.10 Å². The van der Waals surface area contributed by atoms with Crippen LogP contribution in [-0.4, -0.2) is 26.9 Å². The zero-order valence-electron chi connectivity index (χ0n) is 14.9. The van der Waals surface area contributed by atoms with Crippen LogP contribution in [0.1, 0.15) is 46.0 Å². The molecule has 1 aromatic carbocycles. The van der Waals surface area contributed by atoms with E-state index in [1.54, 1.807) is 12.1 Å². The summed E-state index contributed by atoms with van der Waals surface area (Å²) in [6.45, 7) is 4.88. The van der Waals surface area contributed by atoms with Crippen molar-refractivity contribution in [3.63, 3.8) is 0 Å². The van der Waals surface area contributed by atoms with E-state index < -0.39 is 0 Å². The number of aryl methyl sites for hydroxylation is 1. The molecule has 0 unspecified atom stereocenters. The van der Waals surface area contributed by atoms with E-state index in [0.29, 0.717) is 42.1 Å². The lowest BCUT2D eigenvalue weighted by Crippen LogP contribution is -2.43. The summed E-state index contributed by atoms with van der Waals surface area (Å²) in [7, 11) is 0. The van der Waals surface area contributed by atoms with Gasteiger partial charge in [-0.05, 0) is 36.8 Å². The van der Waals surface area contributed by atoms with E-state index in [2.05, 4.69) is 29.5 Å². The summed E-state index contributed by atoms with van der Waals surface area (Å²) < 4.78 is 1.35. The van der Waals surface area contributed by atoms with E-state index in [1.165, 1.54) is 17.5 Å². The summed E-state index contributed by atoms with van der Waals surface area (Å²) in [4.78, 5) is 24.6. The summed E-state index contributed by atoms with van der Waals surface area (Å²) in [6, 6.07) is 7.45. The third-order valence-electron chi connectivity index (χ3n) is 5.46. The van der Waals surface area contributed by atoms with Crippen molar-refractivity contribution < 1.29 is 4.79 Å². The summed E-state index contributed by atoms with van der Waals surface area (Å²) in [5, 5.41) is 11.8. The normalized spacial score (nSPS) is 23.5. The topological polar surface area (TPSA) is 76.9 Å². The van der Waals surface area contributed by atoms with Crippen LogP contribution in [-0.2, 0) is 11.3 Å². The molecule has 0 spiro atoms. The van der Waals surface area contributed by atoms with Crippen molar-refractivity contribution in [3.8, 4) is 0 Å². The maximum absolute atomic E-state index is 12.4. The number of nitrogens with zero attached hydrogens (tertiary/aromatic N) is 3. The number of rotatable bonds is 5. The Bertz CT molecular complexity index is 801. The van der Waals surface area contributed by atoms with Crippen molar-refractivity contribution in [3.05, 3.63) is 34.6 Å². The Morgan fingerprint density at radius 1 is 1.28 bits per heavy atom. The van der Waals surface area contributed by atoms with E-state index in [1.807, 2.05) is 12.1 Å². The number of nitrogens with one attached hydrogen (secondary N) is 1. The Labute approximate surface area is 147 Å². The molecule has 1 aromatic heterocycles. The van der Waals surface area contributed by atoms with Gasteiger partial charge in [0.2, 0.25) is 5.91 Å². The lowest BCUT2D eigenvalue weighted by Gasteiger charge is -2.34. The van der Waals surface area contributed by atoms with Crippen LogP contribution >= 0.6 is 0 Å². The molecule has 134 valence electrons. The molecule has 25 heavy (non-hydrogen) atoms. The number of carbonyl (C=O) groups is 1. The maximum atomic E-state index is 12.4. The molecule has 1 fully saturated rings. The number of benzene rings is 1. The van der Waals surface area contributed by atoms with Gasteiger partial charge in [0.15, 0.2) is 0 Å². The number of aromatic nitrogens is 3. The summed E-state index contributed by atoms with van der Waals surface area (Å²) >= 11 is 0. The molecule has 1 aliphatic rings. The highest BCUT2D eigenvalue weighted by atomic mass is 16.1. The van der Waals surface area contributed by atoms with Gasteiger partial charge in [-0.3, -0.25) is 9.59 Å². The smallest absolute Gasteiger partial charge is 0.277 e. The number of hydrogen-bond acceptors (Lipinski definition) is 4. The Morgan fingerprint density at radius 2 is 2.08 bits per heavy atom. The van der Waals surface area contributed by atoms with Gasteiger partial charge < -0.3 is 5.32 Å². The van der Waals surface area contributed by atoms with Crippen LogP contribution < -0.4 is 10.9 Å². The van der Waals surface area contributed by atoms with Crippen molar-refractivity contribution in [2.75, 3.05) is 0 Å². The first-order chi connectivity index (χ1) is 12.1. The van der Waals surface area contributed by atoms with Gasteiger partial charge in [-0.1, -0.05) is 44.0 Å². The molecule has 1 aliphatic carbocycles. The van der Waals surface area contributed by atoms with E-state index in [9.17, 15) is 9.59 Å². The summed E-state index contributed by atoms with van der Waals surface area (Å²) in [6.07, 6.45) is 4.47. The van der Waals surface area contributed by atoms with Crippen molar-refractivity contribution in [1.29, 1.82) is 0 Å². The lowest BCUT2D eigenvalue weighted by molar-refractivity contribution is -0.122. The van der Waals surface area contributed by atoms with Crippen LogP contribution in [0.5, 0.6) is 0 Å². The molecule has 1 N–H and O–H groups in total. The predicted molar refractivity (Wildman–Crippen MR) is 97.1 cm³/mol. The van der Waals surface area contributed by atoms with Crippen LogP contribution in [0.15, 0.2) is 29.1 Å². The van der Waals surface area contributed by atoms with Crippen molar-refractivity contribution in [2.24, 2.45) is 11.8 Å². The molecule has 0 bridgehead atoms. The third kappa shape index (κ3) is 4.06. The van der Waals surface area contributed by atoms with Gasteiger partial charge in [0.05, 0.1) is 5.39 Å². The zero-order valence-corrected chi connectivity index (χ0v) is 14.9. The van der Waals surface area contributed by atoms with Crippen molar-refractivity contribution >= 4 is 16.8 Å². The average Bonchev–Trinajstić information content (AvgIpc) is 2.61. The Hall–Kier alpha value is -2.24. The first-order valence-corrected chi connectivity index (χ1v) is 9.18. The van der Waals surface area contributed by atoms with Crippen LogP contribution in [0, 0.1) is 11.8 Å². The molecule has 2 aromatic rings. The van der Waals surface area contributed by atoms with E-state index in [0.717, 1.165) is 6.42 Å². The summed E-state index contributed by atoms with van der Waals surface area (Å²) in [5.74, 6) is 1.24. The fourth-order valence-corrected chi connectivity index (χ4v) is 3.62. The van der Waals surface area contributed by atoms with Crippen LogP contribution in [0.2, 0.25) is 0 Å². The SMILES string of the molecule is C[C@@H]1[C@H](C)CCC[C@H]1NC(=O)CCCn1nnc2ccccc2c1=O. The molecule has 0 radical (unpaired) electrons. The minimum atomic E-state index is -0.152. The van der Waals surface area contributed by atoms with Crippen molar-refractivity contribution in [2.45, 2.75) is 58.5 Å². The van der Waals surface area contributed by atoms with Gasteiger partial charge in [0, 0.05) is 19.0 Å². The van der Waals surface area contributed by atoms with E-state index in [4.69, 9.17) is 0 Å². The third-order valence-corrected chi connectivity index (χ3v) is 5.46.